The highest BCUT2D eigenvalue weighted by Crippen LogP contribution is 2.39. The van der Waals surface area contributed by atoms with Crippen molar-refractivity contribution in [2.75, 3.05) is 61.8 Å². The molecule has 15 heteroatoms. The van der Waals surface area contributed by atoms with E-state index < -0.39 is 29.9 Å². The van der Waals surface area contributed by atoms with Crippen LogP contribution < -0.4 is 31.1 Å². The molecule has 4 N–H and O–H groups in total. The van der Waals surface area contributed by atoms with Gasteiger partial charge in [0.05, 0.1) is 36.3 Å². The van der Waals surface area contributed by atoms with E-state index >= 15 is 0 Å². The van der Waals surface area contributed by atoms with Gasteiger partial charge >= 0.3 is 0 Å². The van der Waals surface area contributed by atoms with E-state index in [4.69, 9.17) is 19.9 Å². The molecule has 0 saturated carbocycles. The Labute approximate surface area is 370 Å². The van der Waals surface area contributed by atoms with Gasteiger partial charge in [0.2, 0.25) is 35.9 Å². The maximum absolute atomic E-state index is 13.6. The molecule has 338 valence electrons. The molecule has 1 unspecified atom stereocenters. The summed E-state index contributed by atoms with van der Waals surface area (Å²) in [4.78, 5) is 79.8. The van der Waals surface area contributed by atoms with Gasteiger partial charge < -0.3 is 35.1 Å². The minimum Gasteiger partial charge on any atom is -0.381 e. The quantitative estimate of drug-likeness (QED) is 0.0636. The molecule has 6 amide bonds. The van der Waals surface area contributed by atoms with Crippen LogP contribution in [0.15, 0.2) is 60.7 Å². The minimum absolute atomic E-state index is 0.0352. The van der Waals surface area contributed by atoms with E-state index in [2.05, 4.69) is 22.8 Å². The zero-order chi connectivity index (χ0) is 44.7. The van der Waals surface area contributed by atoms with Crippen LogP contribution in [0.3, 0.4) is 0 Å². The van der Waals surface area contributed by atoms with Crippen LogP contribution in [0.4, 0.5) is 17.1 Å². The number of primary amides is 1. The second-order valence-electron chi connectivity index (χ2n) is 16.7. The number of piperidine rings is 1. The third kappa shape index (κ3) is 12.7. The molecule has 1 saturated heterocycles. The van der Waals surface area contributed by atoms with Crippen LogP contribution in [-0.2, 0) is 75.3 Å². The van der Waals surface area contributed by atoms with E-state index in [0.717, 1.165) is 78.6 Å². The average Bonchev–Trinajstić information content (AvgIpc) is 3.58. The van der Waals surface area contributed by atoms with Crippen molar-refractivity contribution in [1.29, 1.82) is 0 Å². The van der Waals surface area contributed by atoms with Crippen LogP contribution in [0.1, 0.15) is 85.6 Å². The van der Waals surface area contributed by atoms with Crippen molar-refractivity contribution in [3.63, 3.8) is 0 Å². The predicted octanol–water partition coefficient (Wildman–Crippen LogP) is 4.07. The molecule has 6 rings (SSSR count). The monoisotopic (exact) mass is 866 g/mol. The number of hydrogen-bond acceptors (Lipinski definition) is 10. The molecule has 3 aliphatic rings. The van der Waals surface area contributed by atoms with Gasteiger partial charge in [-0.15, -0.1) is 0 Å². The lowest BCUT2D eigenvalue weighted by molar-refractivity contribution is -0.135. The van der Waals surface area contributed by atoms with Crippen LogP contribution in [0, 0.1) is 0 Å². The number of aryl methyl sites for hydroxylation is 3. The van der Waals surface area contributed by atoms with Crippen molar-refractivity contribution in [1.82, 2.24) is 10.6 Å². The number of benzene rings is 3. The van der Waals surface area contributed by atoms with Gasteiger partial charge in [-0.1, -0.05) is 54.6 Å². The van der Waals surface area contributed by atoms with E-state index in [1.165, 1.54) is 10.5 Å². The van der Waals surface area contributed by atoms with Gasteiger partial charge in [-0.3, -0.25) is 39.0 Å². The van der Waals surface area contributed by atoms with E-state index in [1.54, 1.807) is 4.90 Å². The molecule has 63 heavy (non-hydrogen) atoms. The summed E-state index contributed by atoms with van der Waals surface area (Å²) in [5, 5.41) is 5.40. The fourth-order valence-electron chi connectivity index (χ4n) is 8.73. The lowest BCUT2D eigenvalue weighted by Gasteiger charge is -2.33. The van der Waals surface area contributed by atoms with Crippen molar-refractivity contribution in [2.45, 2.75) is 108 Å². The van der Waals surface area contributed by atoms with Gasteiger partial charge in [0.1, 0.15) is 12.1 Å². The Morgan fingerprint density at radius 3 is 2.29 bits per heavy atom. The number of rotatable bonds is 25. The number of imide groups is 1. The average molecular weight is 867 g/mol. The second kappa shape index (κ2) is 23.2. The number of hydrogen-bond donors (Lipinski definition) is 3. The molecule has 0 bridgehead atoms. The number of nitrogens with one attached hydrogen (secondary N) is 2. The maximum atomic E-state index is 13.6. The molecule has 0 radical (unpaired) electrons. The number of nitrogens with zero attached hydrogens (tertiary/aromatic N) is 3. The topological polar surface area (TPSA) is 190 Å². The SMILES string of the molecule is CN(C)c1c(CCCOCCCOCCCc2ccc(COC[C@H](CCC(N)=O)NC(=O)[C@@H]3Cc4cccc5c4N3C(=O)CCC5)cc2)cccc1N(C=O)C1CCC(=O)NC1=O. The van der Waals surface area contributed by atoms with Crippen molar-refractivity contribution in [3.05, 3.63) is 88.5 Å². The highest BCUT2D eigenvalue weighted by molar-refractivity contribution is 6.05. The standard InChI is InChI=1S/C48H62N6O9/c1-52(2)46-36(11-4-15-39(46)53(32-55)40-22-24-43(57)51-47(40)59)14-7-26-62-28-8-27-61-25-6-9-33-17-19-34(20-18-33)30-63-31-38(21-23-42(49)56)50-48(60)41-29-37-13-3-10-35-12-5-16-44(58)54(41)45(35)37/h3-4,10-11,13,15,17-20,32,38,40-41H,5-9,12,14,16,21-31H2,1-2H3,(H2,49,56)(H,50,60)(H,51,57,59)/t38-,40?,41-/m0/s1. The third-order valence-electron chi connectivity index (χ3n) is 11.8. The zero-order valence-corrected chi connectivity index (χ0v) is 36.6. The Morgan fingerprint density at radius 1 is 0.873 bits per heavy atom. The molecule has 3 aromatic rings. The first-order chi connectivity index (χ1) is 30.5. The van der Waals surface area contributed by atoms with Crippen LogP contribution in [0.5, 0.6) is 0 Å². The lowest BCUT2D eigenvalue weighted by Crippen LogP contribution is -2.52. The molecule has 3 aliphatic heterocycles. The molecule has 3 atom stereocenters. The minimum atomic E-state index is -0.739. The first-order valence-corrected chi connectivity index (χ1v) is 22.2. The smallest absolute Gasteiger partial charge is 0.249 e. The van der Waals surface area contributed by atoms with Gasteiger partial charge in [0.25, 0.3) is 0 Å². The summed E-state index contributed by atoms with van der Waals surface area (Å²) in [5.41, 5.74) is 13.2. The molecule has 3 aromatic carbocycles. The Kier molecular flexibility index (Phi) is 17.2. The summed E-state index contributed by atoms with van der Waals surface area (Å²) in [7, 11) is 3.82. The summed E-state index contributed by atoms with van der Waals surface area (Å²) in [6, 6.07) is 18.2. The van der Waals surface area contributed by atoms with E-state index in [-0.39, 0.29) is 43.6 Å². The summed E-state index contributed by atoms with van der Waals surface area (Å²) < 4.78 is 17.8. The lowest BCUT2D eigenvalue weighted by atomic mass is 10.0. The number of anilines is 3. The summed E-state index contributed by atoms with van der Waals surface area (Å²) >= 11 is 0. The number of nitrogens with two attached hydrogens (primary N) is 1. The largest absolute Gasteiger partial charge is 0.381 e. The number of carbonyl (C=O) groups is 6. The number of ether oxygens (including phenoxy) is 3. The normalized spacial score (nSPS) is 17.4. The highest BCUT2D eigenvalue weighted by Gasteiger charge is 2.41. The summed E-state index contributed by atoms with van der Waals surface area (Å²) in [6.45, 7) is 2.96. The number of para-hydroxylation sites is 2. The third-order valence-corrected chi connectivity index (χ3v) is 11.8. The van der Waals surface area contributed by atoms with Crippen molar-refractivity contribution in [3.8, 4) is 0 Å². The van der Waals surface area contributed by atoms with E-state index in [0.29, 0.717) is 64.4 Å². The Hall–Kier alpha value is -5.64. The van der Waals surface area contributed by atoms with Crippen LogP contribution in [0.25, 0.3) is 0 Å². The summed E-state index contributed by atoms with van der Waals surface area (Å²) in [6.07, 6.45) is 8.06. The molecular formula is C48H62N6O9. The van der Waals surface area contributed by atoms with E-state index in [9.17, 15) is 28.8 Å². The van der Waals surface area contributed by atoms with Gasteiger partial charge in [-0.05, 0) is 91.7 Å². The van der Waals surface area contributed by atoms with Crippen molar-refractivity contribution < 1.29 is 43.0 Å². The van der Waals surface area contributed by atoms with Gasteiger partial charge in [-0.2, -0.15) is 0 Å². The fourth-order valence-corrected chi connectivity index (χ4v) is 8.73. The molecule has 3 heterocycles. The molecule has 0 spiro atoms. The molecule has 1 fully saturated rings. The Balaban J connectivity index is 0.847. The fraction of sp³-hybridized carbons (Fsp3) is 0.500. The first-order valence-electron chi connectivity index (χ1n) is 22.2. The zero-order valence-electron chi connectivity index (χ0n) is 36.6. The summed E-state index contributed by atoms with van der Waals surface area (Å²) in [5.74, 6) is -1.52. The molecule has 0 aromatic heterocycles. The maximum Gasteiger partial charge on any atom is 0.249 e. The van der Waals surface area contributed by atoms with Crippen LogP contribution in [-0.4, -0.2) is 101 Å². The molecule has 15 nitrogen and oxygen atoms in total. The first kappa shape index (κ1) is 46.9. The molecule has 0 aliphatic carbocycles. The molecular weight excluding hydrogens is 805 g/mol. The van der Waals surface area contributed by atoms with Crippen LogP contribution in [0.2, 0.25) is 0 Å². The Bertz CT molecular complexity index is 2080. The van der Waals surface area contributed by atoms with E-state index in [1.807, 2.05) is 67.5 Å². The van der Waals surface area contributed by atoms with Crippen molar-refractivity contribution >= 4 is 53.0 Å². The van der Waals surface area contributed by atoms with Gasteiger partial charge in [0.15, 0.2) is 0 Å². The van der Waals surface area contributed by atoms with Gasteiger partial charge in [0, 0.05) is 66.2 Å². The Morgan fingerprint density at radius 2 is 1.57 bits per heavy atom. The number of amides is 6. The van der Waals surface area contributed by atoms with Crippen LogP contribution >= 0.6 is 0 Å². The van der Waals surface area contributed by atoms with Crippen molar-refractivity contribution in [2.24, 2.45) is 5.73 Å². The highest BCUT2D eigenvalue weighted by atomic mass is 16.5. The predicted molar refractivity (Wildman–Crippen MR) is 239 cm³/mol. The number of carbonyl (C=O) groups excluding carboxylic acids is 6. The van der Waals surface area contributed by atoms with Gasteiger partial charge in [-0.25, -0.2) is 0 Å². The second-order valence-corrected chi connectivity index (χ2v) is 16.7.